The van der Waals surface area contributed by atoms with Crippen LogP contribution >= 0.6 is 9.24 Å². The minimum Gasteiger partial charge on any atom is -0.481 e. The minimum absolute atomic E-state index is 0.110. The predicted molar refractivity (Wildman–Crippen MR) is 117 cm³/mol. The summed E-state index contributed by atoms with van der Waals surface area (Å²) in [5, 5.41) is 9.24. The van der Waals surface area contributed by atoms with E-state index in [2.05, 4.69) is 36.9 Å². The van der Waals surface area contributed by atoms with Crippen molar-refractivity contribution >= 4 is 15.2 Å². The van der Waals surface area contributed by atoms with Gasteiger partial charge in [-0.1, -0.05) is 92.4 Å². The molecule has 25 heavy (non-hydrogen) atoms. The fourth-order valence-corrected chi connectivity index (χ4v) is 3.72. The van der Waals surface area contributed by atoms with E-state index < -0.39 is 5.97 Å². The van der Waals surface area contributed by atoms with Crippen molar-refractivity contribution in [1.29, 1.82) is 0 Å². The Hall–Kier alpha value is -0.100. The van der Waals surface area contributed by atoms with Gasteiger partial charge in [0.1, 0.15) is 0 Å². The van der Waals surface area contributed by atoms with Crippen molar-refractivity contribution in [3.05, 3.63) is 0 Å². The molecule has 0 aromatic heterocycles. The Balaban J connectivity index is 0. The van der Waals surface area contributed by atoms with E-state index in [0.717, 1.165) is 32.1 Å². The van der Waals surface area contributed by atoms with Gasteiger partial charge in [0.05, 0.1) is 5.92 Å². The Kier molecular flexibility index (Phi) is 20.3. The van der Waals surface area contributed by atoms with Crippen molar-refractivity contribution in [2.75, 3.05) is 0 Å². The van der Waals surface area contributed by atoms with Crippen LogP contribution in [0.4, 0.5) is 0 Å². The second-order valence-electron chi connectivity index (χ2n) is 7.61. The molecule has 0 heterocycles. The zero-order valence-electron chi connectivity index (χ0n) is 17.9. The Bertz CT molecular complexity index is 270. The third-order valence-corrected chi connectivity index (χ3v) is 5.95. The molecule has 0 aromatic carbocycles. The summed E-state index contributed by atoms with van der Waals surface area (Å²) in [6.07, 6.45) is 17.4. The molecule has 0 aliphatic rings. The number of carboxylic acid groups (broad SMARTS) is 1. The van der Waals surface area contributed by atoms with Crippen molar-refractivity contribution in [1.82, 2.24) is 0 Å². The van der Waals surface area contributed by atoms with Crippen molar-refractivity contribution < 1.29 is 9.90 Å². The van der Waals surface area contributed by atoms with Crippen molar-refractivity contribution in [3.63, 3.8) is 0 Å². The van der Waals surface area contributed by atoms with E-state index in [0.29, 0.717) is 5.16 Å². The fraction of sp³-hybridized carbons (Fsp3) is 0.955. The summed E-state index contributed by atoms with van der Waals surface area (Å²) in [5.41, 5.74) is 0. The number of rotatable bonds is 15. The van der Waals surface area contributed by atoms with E-state index in [-0.39, 0.29) is 5.92 Å². The van der Waals surface area contributed by atoms with E-state index in [1.165, 1.54) is 57.8 Å². The van der Waals surface area contributed by atoms with Gasteiger partial charge in [-0.15, -0.1) is 9.24 Å². The summed E-state index contributed by atoms with van der Waals surface area (Å²) >= 11 is 0. The molecule has 2 unspecified atom stereocenters. The third kappa shape index (κ3) is 17.1. The van der Waals surface area contributed by atoms with Crippen molar-refractivity contribution in [3.8, 4) is 0 Å². The van der Waals surface area contributed by atoms with Gasteiger partial charge in [-0.3, -0.25) is 4.79 Å². The van der Waals surface area contributed by atoms with Crippen LogP contribution in [0.25, 0.3) is 0 Å². The molecule has 0 bridgehead atoms. The normalized spacial score (nSPS) is 12.4. The summed E-state index contributed by atoms with van der Waals surface area (Å²) in [5.74, 6) is -0.745. The van der Waals surface area contributed by atoms with Gasteiger partial charge in [0, 0.05) is 0 Å². The lowest BCUT2D eigenvalue weighted by molar-refractivity contribution is -0.142. The first-order valence-electron chi connectivity index (χ1n) is 10.9. The first-order valence-corrected chi connectivity index (χ1v) is 11.5. The molecule has 2 nitrogen and oxygen atoms in total. The van der Waals surface area contributed by atoms with Crippen LogP contribution in [0.3, 0.4) is 0 Å². The molecular formula is C22H47O2P. The van der Waals surface area contributed by atoms with E-state index in [9.17, 15) is 4.79 Å². The average molecular weight is 375 g/mol. The molecule has 152 valence electrons. The lowest BCUT2D eigenvalue weighted by Crippen LogP contribution is -2.20. The van der Waals surface area contributed by atoms with Gasteiger partial charge in [0.2, 0.25) is 0 Å². The maximum atomic E-state index is 10.5. The molecule has 0 spiro atoms. The molecule has 0 rings (SSSR count). The number of carbonyl (C=O) groups is 1. The van der Waals surface area contributed by atoms with Gasteiger partial charge >= 0.3 is 5.97 Å². The van der Waals surface area contributed by atoms with Crippen molar-refractivity contribution in [2.24, 2.45) is 5.92 Å². The Morgan fingerprint density at radius 1 is 0.800 bits per heavy atom. The molecule has 0 fully saturated rings. The van der Waals surface area contributed by atoms with Crippen LogP contribution in [-0.2, 0) is 4.79 Å². The van der Waals surface area contributed by atoms with Crippen LogP contribution in [0.1, 0.15) is 125 Å². The van der Waals surface area contributed by atoms with Crippen LogP contribution in [0.2, 0.25) is 0 Å². The molecular weight excluding hydrogens is 327 g/mol. The lowest BCUT2D eigenvalue weighted by atomic mass is 9.90. The first kappa shape index (κ1) is 27.1. The SMILES string of the molecule is CCCCC(P)(CCCC)CCCC.CCCCCC(CC)C(=O)O. The Morgan fingerprint density at radius 3 is 1.48 bits per heavy atom. The number of carboxylic acids is 1. The fourth-order valence-electron chi connectivity index (χ4n) is 3.10. The summed E-state index contributed by atoms with van der Waals surface area (Å²) < 4.78 is 0. The topological polar surface area (TPSA) is 37.3 Å². The van der Waals surface area contributed by atoms with E-state index in [1.807, 2.05) is 6.92 Å². The van der Waals surface area contributed by atoms with Crippen molar-refractivity contribution in [2.45, 2.75) is 130 Å². The minimum atomic E-state index is -0.636. The molecule has 0 aliphatic heterocycles. The largest absolute Gasteiger partial charge is 0.481 e. The second kappa shape index (κ2) is 18.7. The zero-order valence-corrected chi connectivity index (χ0v) is 19.1. The summed E-state index contributed by atoms with van der Waals surface area (Å²) in [4.78, 5) is 10.5. The maximum Gasteiger partial charge on any atom is 0.306 e. The number of hydrogen-bond acceptors (Lipinski definition) is 1. The number of hydrogen-bond donors (Lipinski definition) is 1. The molecule has 3 heteroatoms. The third-order valence-electron chi connectivity index (χ3n) is 5.08. The highest BCUT2D eigenvalue weighted by Crippen LogP contribution is 2.36. The highest BCUT2D eigenvalue weighted by molar-refractivity contribution is 7.19. The highest BCUT2D eigenvalue weighted by Gasteiger charge is 2.22. The zero-order chi connectivity index (χ0) is 19.6. The number of aliphatic carboxylic acids is 1. The van der Waals surface area contributed by atoms with Gasteiger partial charge in [-0.25, -0.2) is 0 Å². The summed E-state index contributed by atoms with van der Waals surface area (Å²) in [6.45, 7) is 11.0. The molecule has 2 atom stereocenters. The van der Waals surface area contributed by atoms with Crippen LogP contribution in [-0.4, -0.2) is 16.2 Å². The first-order chi connectivity index (χ1) is 11.9. The van der Waals surface area contributed by atoms with Crippen LogP contribution in [0.15, 0.2) is 0 Å². The van der Waals surface area contributed by atoms with Gasteiger partial charge in [0.15, 0.2) is 0 Å². The van der Waals surface area contributed by atoms with Crippen LogP contribution in [0.5, 0.6) is 0 Å². The quantitative estimate of drug-likeness (QED) is 0.234. The molecule has 1 N–H and O–H groups in total. The molecule has 0 saturated carbocycles. The van der Waals surface area contributed by atoms with Crippen LogP contribution in [0, 0.1) is 5.92 Å². The molecule has 0 amide bonds. The smallest absolute Gasteiger partial charge is 0.306 e. The molecule has 0 radical (unpaired) electrons. The molecule has 0 aromatic rings. The second-order valence-corrected chi connectivity index (χ2v) is 8.84. The summed E-state index contributed by atoms with van der Waals surface area (Å²) in [6, 6.07) is 0. The average Bonchev–Trinajstić information content (AvgIpc) is 2.60. The van der Waals surface area contributed by atoms with E-state index in [1.54, 1.807) is 0 Å². The Morgan fingerprint density at radius 2 is 1.20 bits per heavy atom. The highest BCUT2D eigenvalue weighted by atomic mass is 31.0. The van der Waals surface area contributed by atoms with Gasteiger partial charge in [-0.05, 0) is 37.3 Å². The van der Waals surface area contributed by atoms with Gasteiger partial charge < -0.3 is 5.11 Å². The molecule has 0 aliphatic carbocycles. The monoisotopic (exact) mass is 374 g/mol. The maximum absolute atomic E-state index is 10.5. The standard InChI is InChI=1S/C13H29P.C9H18O2/c1-4-7-10-13(14,11-8-5-2)12-9-6-3;1-3-5-6-7-8(4-2)9(10)11/h4-12,14H2,1-3H3;8H,3-7H2,1-2H3,(H,10,11). The lowest BCUT2D eigenvalue weighted by Gasteiger charge is -2.29. The van der Waals surface area contributed by atoms with Gasteiger partial charge in [-0.2, -0.15) is 0 Å². The predicted octanol–water partition coefficient (Wildman–Crippen LogP) is 7.85. The number of unbranched alkanes of at least 4 members (excludes halogenated alkanes) is 5. The summed E-state index contributed by atoms with van der Waals surface area (Å²) in [7, 11) is 3.17. The van der Waals surface area contributed by atoms with Crippen LogP contribution < -0.4 is 0 Å². The van der Waals surface area contributed by atoms with E-state index in [4.69, 9.17) is 5.11 Å². The molecule has 0 saturated heterocycles. The van der Waals surface area contributed by atoms with E-state index >= 15 is 0 Å². The Labute approximate surface area is 161 Å². The van der Waals surface area contributed by atoms with Gasteiger partial charge in [0.25, 0.3) is 0 Å².